The molecule has 0 saturated heterocycles. The Kier molecular flexibility index (Phi) is 4.78. The van der Waals surface area contributed by atoms with Gasteiger partial charge in [-0.05, 0) is 43.4 Å². The normalized spacial score (nSPS) is 20.9. The fraction of sp³-hybridized carbons (Fsp3) is 0.500. The highest BCUT2D eigenvalue weighted by Gasteiger charge is 2.32. The molecular formula is C14H18ClNO4S. The molecule has 0 aliphatic heterocycles. The van der Waals surface area contributed by atoms with E-state index < -0.39 is 9.05 Å². The van der Waals surface area contributed by atoms with E-state index in [0.717, 1.165) is 6.42 Å². The maximum atomic E-state index is 12.0. The predicted octanol–water partition coefficient (Wildman–Crippen LogP) is 2.40. The molecule has 0 aromatic heterocycles. The Morgan fingerprint density at radius 2 is 2.14 bits per heavy atom. The number of halogens is 1. The number of benzene rings is 1. The van der Waals surface area contributed by atoms with Crippen LogP contribution in [0.4, 0.5) is 0 Å². The first-order chi connectivity index (χ1) is 9.82. The summed E-state index contributed by atoms with van der Waals surface area (Å²) in [6, 6.07) is 4.23. The Bertz CT molecular complexity index is 644. The Labute approximate surface area is 129 Å². The van der Waals surface area contributed by atoms with E-state index in [1.807, 2.05) is 0 Å². The maximum absolute atomic E-state index is 12.0. The summed E-state index contributed by atoms with van der Waals surface area (Å²) in [5.74, 6) is 1.01. The van der Waals surface area contributed by atoms with Crippen LogP contribution >= 0.6 is 10.7 Å². The summed E-state index contributed by atoms with van der Waals surface area (Å²) < 4.78 is 28.4. The van der Waals surface area contributed by atoms with Crippen molar-refractivity contribution >= 4 is 25.6 Å². The van der Waals surface area contributed by atoms with Gasteiger partial charge in [-0.3, -0.25) is 4.79 Å². The zero-order chi connectivity index (χ0) is 15.6. The van der Waals surface area contributed by atoms with Gasteiger partial charge in [0.05, 0.1) is 6.61 Å². The third-order valence-corrected chi connectivity index (χ3v) is 4.91. The third-order valence-electron chi connectivity index (χ3n) is 3.57. The zero-order valence-corrected chi connectivity index (χ0v) is 13.5. The van der Waals surface area contributed by atoms with E-state index >= 15 is 0 Å². The van der Waals surface area contributed by atoms with Crippen LogP contribution in [0.5, 0.6) is 5.75 Å². The Morgan fingerprint density at radius 3 is 2.67 bits per heavy atom. The van der Waals surface area contributed by atoms with Crippen molar-refractivity contribution in [1.82, 2.24) is 5.32 Å². The summed E-state index contributed by atoms with van der Waals surface area (Å²) in [4.78, 5) is 11.9. The topological polar surface area (TPSA) is 72.5 Å². The predicted molar refractivity (Wildman–Crippen MR) is 80.3 cm³/mol. The number of amides is 1. The molecule has 0 radical (unpaired) electrons. The number of hydrogen-bond donors (Lipinski definition) is 1. The fourth-order valence-electron chi connectivity index (χ4n) is 2.12. The van der Waals surface area contributed by atoms with Crippen molar-refractivity contribution in [3.05, 3.63) is 23.8 Å². The second-order valence-electron chi connectivity index (χ2n) is 5.22. The lowest BCUT2D eigenvalue weighted by Gasteiger charge is -2.10. The van der Waals surface area contributed by atoms with Gasteiger partial charge in [-0.15, -0.1) is 0 Å². The van der Waals surface area contributed by atoms with Gasteiger partial charge >= 0.3 is 0 Å². The van der Waals surface area contributed by atoms with E-state index in [4.69, 9.17) is 15.4 Å². The molecule has 1 amide bonds. The average molecular weight is 332 g/mol. The van der Waals surface area contributed by atoms with E-state index in [1.54, 1.807) is 6.92 Å². The minimum atomic E-state index is -3.97. The molecule has 1 saturated carbocycles. The van der Waals surface area contributed by atoms with Gasteiger partial charge in [0.2, 0.25) is 0 Å². The van der Waals surface area contributed by atoms with Gasteiger partial charge in [-0.25, -0.2) is 8.42 Å². The average Bonchev–Trinajstić information content (AvgIpc) is 3.11. The van der Waals surface area contributed by atoms with E-state index in [-0.39, 0.29) is 22.1 Å². The molecule has 7 heteroatoms. The summed E-state index contributed by atoms with van der Waals surface area (Å²) >= 11 is 0. The van der Waals surface area contributed by atoms with Crippen molar-refractivity contribution in [3.8, 4) is 5.75 Å². The van der Waals surface area contributed by atoms with Crippen LogP contribution in [0.25, 0.3) is 0 Å². The smallest absolute Gasteiger partial charge is 0.265 e. The van der Waals surface area contributed by atoms with Crippen LogP contribution in [-0.4, -0.2) is 27.5 Å². The van der Waals surface area contributed by atoms with Gasteiger partial charge in [0, 0.05) is 22.8 Å². The first-order valence-electron chi connectivity index (χ1n) is 6.82. The van der Waals surface area contributed by atoms with E-state index in [1.165, 1.54) is 18.2 Å². The van der Waals surface area contributed by atoms with Crippen LogP contribution < -0.4 is 10.1 Å². The minimum Gasteiger partial charge on any atom is -0.492 e. The Hall–Kier alpha value is -1.27. The minimum absolute atomic E-state index is 0.153. The molecule has 0 spiro atoms. The highest BCUT2D eigenvalue weighted by atomic mass is 35.7. The second kappa shape index (κ2) is 6.23. The van der Waals surface area contributed by atoms with Gasteiger partial charge in [0.25, 0.3) is 15.0 Å². The van der Waals surface area contributed by atoms with Gasteiger partial charge in [0.1, 0.15) is 10.6 Å². The number of carbonyl (C=O) groups is 1. The highest BCUT2D eigenvalue weighted by molar-refractivity contribution is 8.13. The van der Waals surface area contributed by atoms with E-state index in [2.05, 4.69) is 12.2 Å². The van der Waals surface area contributed by atoms with Crippen molar-refractivity contribution in [3.63, 3.8) is 0 Å². The quantitative estimate of drug-likeness (QED) is 0.812. The largest absolute Gasteiger partial charge is 0.492 e. The number of carbonyl (C=O) groups excluding carboxylic acids is 1. The molecule has 0 bridgehead atoms. The number of nitrogens with one attached hydrogen (secondary N) is 1. The Balaban J connectivity index is 2.18. The fourth-order valence-corrected chi connectivity index (χ4v) is 3.12. The summed E-state index contributed by atoms with van der Waals surface area (Å²) in [5, 5.41) is 2.80. The molecular weight excluding hydrogens is 314 g/mol. The summed E-state index contributed by atoms with van der Waals surface area (Å²) in [6.45, 7) is 4.79. The Morgan fingerprint density at radius 1 is 1.48 bits per heavy atom. The molecule has 116 valence electrons. The van der Waals surface area contributed by atoms with Crippen molar-refractivity contribution < 1.29 is 17.9 Å². The van der Waals surface area contributed by atoms with Gasteiger partial charge < -0.3 is 10.1 Å². The molecule has 2 rings (SSSR count). The van der Waals surface area contributed by atoms with Crippen LogP contribution in [0.3, 0.4) is 0 Å². The molecule has 1 aliphatic carbocycles. The summed E-state index contributed by atoms with van der Waals surface area (Å²) in [5.41, 5.74) is 0.256. The lowest BCUT2D eigenvalue weighted by molar-refractivity contribution is 0.0951. The molecule has 2 unspecified atom stereocenters. The standard InChI is InChI=1S/C14H18ClNO4S/c1-3-20-12-5-4-10(7-13(12)21(15,18)19)14(17)16-8-11-6-9(11)2/h4-5,7,9,11H,3,6,8H2,1-2H3,(H,16,17). The highest BCUT2D eigenvalue weighted by Crippen LogP contribution is 2.36. The SMILES string of the molecule is CCOc1ccc(C(=O)NCC2CC2C)cc1S(=O)(=O)Cl. The van der Waals surface area contributed by atoms with Gasteiger partial charge in [-0.2, -0.15) is 0 Å². The molecule has 1 aromatic carbocycles. The van der Waals surface area contributed by atoms with Crippen molar-refractivity contribution in [2.75, 3.05) is 13.2 Å². The summed E-state index contributed by atoms with van der Waals surface area (Å²) in [6.07, 6.45) is 1.12. The van der Waals surface area contributed by atoms with E-state index in [0.29, 0.717) is 25.0 Å². The molecule has 1 aromatic rings. The lowest BCUT2D eigenvalue weighted by Crippen LogP contribution is -2.26. The molecule has 1 fully saturated rings. The molecule has 0 heterocycles. The number of hydrogen-bond acceptors (Lipinski definition) is 4. The first-order valence-corrected chi connectivity index (χ1v) is 9.13. The second-order valence-corrected chi connectivity index (χ2v) is 7.75. The molecule has 21 heavy (non-hydrogen) atoms. The lowest BCUT2D eigenvalue weighted by atomic mass is 10.2. The van der Waals surface area contributed by atoms with Crippen molar-refractivity contribution in [1.29, 1.82) is 0 Å². The maximum Gasteiger partial charge on any atom is 0.265 e. The van der Waals surface area contributed by atoms with E-state index in [9.17, 15) is 13.2 Å². The molecule has 2 atom stereocenters. The van der Waals surface area contributed by atoms with Crippen LogP contribution in [0.15, 0.2) is 23.1 Å². The number of rotatable bonds is 6. The monoisotopic (exact) mass is 331 g/mol. The molecule has 1 aliphatic rings. The van der Waals surface area contributed by atoms with Gasteiger partial charge in [0.15, 0.2) is 0 Å². The van der Waals surface area contributed by atoms with Crippen LogP contribution in [-0.2, 0) is 9.05 Å². The zero-order valence-electron chi connectivity index (χ0n) is 11.9. The van der Waals surface area contributed by atoms with Crippen molar-refractivity contribution in [2.24, 2.45) is 11.8 Å². The number of ether oxygens (including phenoxy) is 1. The molecule has 1 N–H and O–H groups in total. The van der Waals surface area contributed by atoms with Crippen LogP contribution in [0, 0.1) is 11.8 Å². The molecule has 5 nitrogen and oxygen atoms in total. The van der Waals surface area contributed by atoms with Crippen LogP contribution in [0.2, 0.25) is 0 Å². The third kappa shape index (κ3) is 4.11. The first kappa shape index (κ1) is 16.1. The van der Waals surface area contributed by atoms with Crippen LogP contribution in [0.1, 0.15) is 30.6 Å². The van der Waals surface area contributed by atoms with Crippen molar-refractivity contribution in [2.45, 2.75) is 25.2 Å². The van der Waals surface area contributed by atoms with Gasteiger partial charge in [-0.1, -0.05) is 6.92 Å². The summed E-state index contributed by atoms with van der Waals surface area (Å²) in [7, 11) is 1.42.